The fourth-order valence-electron chi connectivity index (χ4n) is 5.26. The van der Waals surface area contributed by atoms with Crippen LogP contribution in [-0.4, -0.2) is 42.1 Å². The summed E-state index contributed by atoms with van der Waals surface area (Å²) < 4.78 is 6.24. The fraction of sp³-hybridized carbons (Fsp3) is 0.950. The molecule has 3 aliphatic rings. The van der Waals surface area contributed by atoms with Crippen molar-refractivity contribution in [2.75, 3.05) is 13.2 Å². The number of carbonyl (C=O) groups is 1. The molecule has 2 aliphatic carbocycles. The summed E-state index contributed by atoms with van der Waals surface area (Å²) in [4.78, 5) is 13.8. The highest BCUT2D eigenvalue weighted by molar-refractivity contribution is 5.73. The van der Waals surface area contributed by atoms with Crippen LogP contribution in [0, 0.1) is 11.8 Å². The number of carbonyl (C=O) groups excluding carboxylic acids is 1. The second-order valence-corrected chi connectivity index (χ2v) is 8.35. The molecule has 1 saturated heterocycles. The molecule has 4 heteroatoms. The number of amides is 1. The van der Waals surface area contributed by atoms with Gasteiger partial charge in [-0.2, -0.15) is 0 Å². The molecule has 3 fully saturated rings. The van der Waals surface area contributed by atoms with Crippen molar-refractivity contribution in [1.29, 1.82) is 0 Å². The number of nitrogens with two attached hydrogens (primary N) is 1. The van der Waals surface area contributed by atoms with Crippen molar-refractivity contribution >= 4 is 5.91 Å². The van der Waals surface area contributed by atoms with Gasteiger partial charge in [0.05, 0.1) is 18.8 Å². The second kappa shape index (κ2) is 8.66. The van der Waals surface area contributed by atoms with E-state index in [1.165, 1.54) is 57.8 Å². The van der Waals surface area contributed by atoms with Crippen LogP contribution in [0.2, 0.25) is 0 Å². The molecule has 0 radical (unpaired) electrons. The molecule has 1 heterocycles. The van der Waals surface area contributed by atoms with Crippen molar-refractivity contribution in [2.24, 2.45) is 17.6 Å². The lowest BCUT2D eigenvalue weighted by Gasteiger charge is -2.41. The summed E-state index contributed by atoms with van der Waals surface area (Å²) in [5.41, 5.74) is 6.27. The van der Waals surface area contributed by atoms with E-state index >= 15 is 0 Å². The van der Waals surface area contributed by atoms with Crippen LogP contribution in [0.15, 0.2) is 0 Å². The van der Waals surface area contributed by atoms with E-state index in [0.717, 1.165) is 31.2 Å². The highest BCUT2D eigenvalue weighted by Crippen LogP contribution is 2.38. The Morgan fingerprint density at radius 3 is 2.29 bits per heavy atom. The van der Waals surface area contributed by atoms with Gasteiger partial charge in [0.25, 0.3) is 0 Å². The first-order valence-electron chi connectivity index (χ1n) is 10.3. The Morgan fingerprint density at radius 2 is 1.62 bits per heavy atom. The largest absolute Gasteiger partial charge is 0.376 e. The molecular formula is C20H36N2O2. The van der Waals surface area contributed by atoms with Crippen molar-refractivity contribution in [3.05, 3.63) is 0 Å². The summed E-state index contributed by atoms with van der Waals surface area (Å²) in [6.07, 6.45) is 14.7. The fourth-order valence-corrected chi connectivity index (χ4v) is 5.26. The maximum Gasteiger partial charge on any atom is 0.219 e. The van der Waals surface area contributed by atoms with E-state index in [1.807, 2.05) is 4.90 Å². The maximum absolute atomic E-state index is 11.8. The van der Waals surface area contributed by atoms with Gasteiger partial charge >= 0.3 is 0 Å². The van der Waals surface area contributed by atoms with E-state index in [-0.39, 0.29) is 18.0 Å². The van der Waals surface area contributed by atoms with Gasteiger partial charge in [-0.1, -0.05) is 32.1 Å². The number of nitrogens with zero attached hydrogens (tertiary/aromatic N) is 1. The molecule has 2 saturated carbocycles. The number of hydrogen-bond acceptors (Lipinski definition) is 3. The van der Waals surface area contributed by atoms with Crippen LogP contribution in [0.4, 0.5) is 0 Å². The molecular weight excluding hydrogens is 300 g/mol. The summed E-state index contributed by atoms with van der Waals surface area (Å²) >= 11 is 0. The van der Waals surface area contributed by atoms with Crippen LogP contribution < -0.4 is 5.73 Å². The molecule has 0 bridgehead atoms. The summed E-state index contributed by atoms with van der Waals surface area (Å²) in [5.74, 6) is 2.07. The summed E-state index contributed by atoms with van der Waals surface area (Å²) in [6, 6.07) is 0.147. The molecule has 2 atom stereocenters. The van der Waals surface area contributed by atoms with Crippen LogP contribution in [0.25, 0.3) is 0 Å². The topological polar surface area (TPSA) is 55.6 Å². The van der Waals surface area contributed by atoms with Gasteiger partial charge in [-0.05, 0) is 50.4 Å². The molecule has 1 amide bonds. The average molecular weight is 337 g/mol. The minimum absolute atomic E-state index is 0.0706. The van der Waals surface area contributed by atoms with E-state index in [0.29, 0.717) is 12.7 Å². The number of piperidine rings is 1. The highest BCUT2D eigenvalue weighted by Gasteiger charge is 2.33. The Hall–Kier alpha value is -0.610. The van der Waals surface area contributed by atoms with Gasteiger partial charge in [0, 0.05) is 19.5 Å². The van der Waals surface area contributed by atoms with Crippen molar-refractivity contribution in [3.63, 3.8) is 0 Å². The first-order chi connectivity index (χ1) is 11.6. The molecule has 0 spiro atoms. The number of ether oxygens (including phenoxy) is 1. The molecule has 0 unspecified atom stereocenters. The zero-order valence-electron chi connectivity index (χ0n) is 15.4. The number of rotatable bonds is 4. The van der Waals surface area contributed by atoms with Crippen molar-refractivity contribution in [1.82, 2.24) is 4.90 Å². The van der Waals surface area contributed by atoms with Gasteiger partial charge in [-0.25, -0.2) is 0 Å². The number of hydrogen-bond donors (Lipinski definition) is 1. The van der Waals surface area contributed by atoms with E-state index in [1.54, 1.807) is 6.92 Å². The summed E-state index contributed by atoms with van der Waals surface area (Å²) in [6.45, 7) is 3.12. The van der Waals surface area contributed by atoms with Crippen LogP contribution in [0.5, 0.6) is 0 Å². The molecule has 4 nitrogen and oxygen atoms in total. The third kappa shape index (κ3) is 4.51. The quantitative estimate of drug-likeness (QED) is 0.855. The predicted molar refractivity (Wildman–Crippen MR) is 96.7 cm³/mol. The zero-order chi connectivity index (χ0) is 16.9. The summed E-state index contributed by atoms with van der Waals surface area (Å²) in [7, 11) is 0. The van der Waals surface area contributed by atoms with Gasteiger partial charge in [-0.3, -0.25) is 4.79 Å². The lowest BCUT2D eigenvalue weighted by molar-refractivity contribution is -0.136. The highest BCUT2D eigenvalue weighted by atomic mass is 16.5. The standard InChI is InChI=1S/C20H36N2O2/c1-15(23)22-13-5-8-19(21)20(22)14-24-18-11-9-17(10-12-18)16-6-3-2-4-7-16/h16-20H,2-14,21H2,1H3/t17-,18+,19-,20-/m0/s1. The van der Waals surface area contributed by atoms with Gasteiger partial charge in [0.2, 0.25) is 5.91 Å². The van der Waals surface area contributed by atoms with Crippen molar-refractivity contribution in [3.8, 4) is 0 Å². The van der Waals surface area contributed by atoms with Crippen molar-refractivity contribution < 1.29 is 9.53 Å². The number of likely N-dealkylation sites (tertiary alicyclic amines) is 1. The molecule has 24 heavy (non-hydrogen) atoms. The van der Waals surface area contributed by atoms with Crippen molar-refractivity contribution in [2.45, 2.75) is 95.7 Å². The van der Waals surface area contributed by atoms with E-state index in [9.17, 15) is 4.79 Å². The lowest BCUT2D eigenvalue weighted by Crippen LogP contribution is -2.56. The Bertz CT molecular complexity index is 400. The van der Waals surface area contributed by atoms with Gasteiger partial charge in [0.1, 0.15) is 0 Å². The molecule has 0 aromatic carbocycles. The SMILES string of the molecule is CC(=O)N1CCC[C@H](N)[C@@H]1CO[C@H]1CC[C@@H](C2CCCCC2)CC1. The van der Waals surface area contributed by atoms with E-state index in [2.05, 4.69) is 0 Å². The smallest absolute Gasteiger partial charge is 0.219 e. The third-order valence-electron chi connectivity index (χ3n) is 6.77. The Kier molecular flexibility index (Phi) is 6.56. The van der Waals surface area contributed by atoms with Gasteiger partial charge < -0.3 is 15.4 Å². The molecule has 0 aromatic heterocycles. The zero-order valence-corrected chi connectivity index (χ0v) is 15.4. The molecule has 0 aromatic rings. The van der Waals surface area contributed by atoms with E-state index in [4.69, 9.17) is 10.5 Å². The van der Waals surface area contributed by atoms with Crippen LogP contribution in [0.1, 0.15) is 77.6 Å². The molecule has 3 rings (SSSR count). The van der Waals surface area contributed by atoms with Crippen LogP contribution >= 0.6 is 0 Å². The monoisotopic (exact) mass is 336 g/mol. The maximum atomic E-state index is 11.8. The van der Waals surface area contributed by atoms with Crippen LogP contribution in [0.3, 0.4) is 0 Å². The predicted octanol–water partition coefficient (Wildman–Crippen LogP) is 3.48. The Morgan fingerprint density at radius 1 is 0.958 bits per heavy atom. The molecule has 2 N–H and O–H groups in total. The van der Waals surface area contributed by atoms with E-state index < -0.39 is 0 Å². The first kappa shape index (κ1) is 18.2. The normalized spacial score (nSPS) is 35.8. The van der Waals surface area contributed by atoms with Gasteiger partial charge in [-0.15, -0.1) is 0 Å². The lowest BCUT2D eigenvalue weighted by atomic mass is 9.73. The minimum atomic E-state index is 0.0706. The minimum Gasteiger partial charge on any atom is -0.376 e. The molecule has 1 aliphatic heterocycles. The second-order valence-electron chi connectivity index (χ2n) is 8.35. The summed E-state index contributed by atoms with van der Waals surface area (Å²) in [5, 5.41) is 0. The first-order valence-corrected chi connectivity index (χ1v) is 10.3. The van der Waals surface area contributed by atoms with Gasteiger partial charge in [0.15, 0.2) is 0 Å². The molecule has 138 valence electrons. The van der Waals surface area contributed by atoms with Crippen LogP contribution in [-0.2, 0) is 9.53 Å². The third-order valence-corrected chi connectivity index (χ3v) is 6.77. The Balaban J connectivity index is 1.43. The average Bonchev–Trinajstić information content (AvgIpc) is 2.61. The Labute approximate surface area is 147 Å².